The van der Waals surface area contributed by atoms with Gasteiger partial charge in [-0.3, -0.25) is 0 Å². The Morgan fingerprint density at radius 1 is 1.19 bits per heavy atom. The Bertz CT molecular complexity index is 768. The van der Waals surface area contributed by atoms with Gasteiger partial charge in [0, 0.05) is 14.2 Å². The van der Waals surface area contributed by atoms with Crippen molar-refractivity contribution in [1.82, 2.24) is 5.32 Å². The Kier molecular flexibility index (Phi) is 4.65. The Balaban J connectivity index is 2.13. The number of rotatable bonds is 4. The maximum Gasteiger partial charge on any atom is 0.0605 e. The van der Waals surface area contributed by atoms with Gasteiger partial charge >= 0.3 is 0 Å². The SMILES string of the molecule is CCNC(c1ccc(Br)cc1Cl)c1csc2ccccc12. The molecule has 4 heteroatoms. The van der Waals surface area contributed by atoms with E-state index in [1.807, 2.05) is 12.1 Å². The average molecular weight is 381 g/mol. The van der Waals surface area contributed by atoms with Gasteiger partial charge in [-0.15, -0.1) is 11.3 Å². The molecular formula is C17H15BrClNS. The molecule has 0 aliphatic carbocycles. The van der Waals surface area contributed by atoms with Gasteiger partial charge in [0.25, 0.3) is 0 Å². The van der Waals surface area contributed by atoms with Crippen LogP contribution in [0.4, 0.5) is 0 Å². The Morgan fingerprint density at radius 2 is 2.00 bits per heavy atom. The molecule has 0 spiro atoms. The van der Waals surface area contributed by atoms with Crippen LogP contribution in [-0.2, 0) is 0 Å². The summed E-state index contributed by atoms with van der Waals surface area (Å²) in [6.07, 6.45) is 0. The predicted octanol–water partition coefficient (Wildman–Crippen LogP) is 6.02. The molecule has 108 valence electrons. The van der Waals surface area contributed by atoms with E-state index in [2.05, 4.69) is 63.9 Å². The van der Waals surface area contributed by atoms with Gasteiger partial charge in [-0.05, 0) is 46.6 Å². The molecule has 0 amide bonds. The minimum Gasteiger partial charge on any atom is -0.306 e. The molecule has 1 heterocycles. The molecule has 0 bridgehead atoms. The predicted molar refractivity (Wildman–Crippen MR) is 96.5 cm³/mol. The molecule has 3 rings (SSSR count). The van der Waals surface area contributed by atoms with Crippen LogP contribution < -0.4 is 5.32 Å². The molecule has 21 heavy (non-hydrogen) atoms. The fourth-order valence-electron chi connectivity index (χ4n) is 2.55. The maximum atomic E-state index is 6.46. The van der Waals surface area contributed by atoms with E-state index in [9.17, 15) is 0 Å². The van der Waals surface area contributed by atoms with Gasteiger partial charge in [0.1, 0.15) is 0 Å². The minimum atomic E-state index is 0.117. The summed E-state index contributed by atoms with van der Waals surface area (Å²) in [5, 5.41) is 7.87. The summed E-state index contributed by atoms with van der Waals surface area (Å²) in [4.78, 5) is 0. The van der Waals surface area contributed by atoms with Crippen LogP contribution in [0.5, 0.6) is 0 Å². The van der Waals surface area contributed by atoms with E-state index >= 15 is 0 Å². The van der Waals surface area contributed by atoms with Gasteiger partial charge in [0.2, 0.25) is 0 Å². The average Bonchev–Trinajstić information content (AvgIpc) is 2.89. The molecule has 0 saturated heterocycles. The van der Waals surface area contributed by atoms with Crippen LogP contribution in [0.3, 0.4) is 0 Å². The van der Waals surface area contributed by atoms with E-state index in [1.54, 1.807) is 11.3 Å². The highest BCUT2D eigenvalue weighted by Crippen LogP contribution is 2.36. The number of nitrogens with one attached hydrogen (secondary N) is 1. The van der Waals surface area contributed by atoms with Crippen LogP contribution in [-0.4, -0.2) is 6.54 Å². The molecule has 0 aliphatic heterocycles. The first-order chi connectivity index (χ1) is 10.2. The van der Waals surface area contributed by atoms with Crippen molar-refractivity contribution in [2.45, 2.75) is 13.0 Å². The zero-order valence-electron chi connectivity index (χ0n) is 11.6. The number of hydrogen-bond acceptors (Lipinski definition) is 2. The highest BCUT2D eigenvalue weighted by atomic mass is 79.9. The second-order valence-electron chi connectivity index (χ2n) is 4.84. The number of hydrogen-bond donors (Lipinski definition) is 1. The smallest absolute Gasteiger partial charge is 0.0605 e. The standard InChI is InChI=1S/C17H15BrClNS/c1-2-20-17(13-8-7-11(18)9-15(13)19)14-10-21-16-6-4-3-5-12(14)16/h3-10,17,20H,2H2,1H3. The third kappa shape index (κ3) is 3.02. The largest absolute Gasteiger partial charge is 0.306 e. The summed E-state index contributed by atoms with van der Waals surface area (Å²) in [6, 6.07) is 14.7. The van der Waals surface area contributed by atoms with Crippen LogP contribution >= 0.6 is 38.9 Å². The molecule has 3 aromatic rings. The third-order valence-corrected chi connectivity index (χ3v) is 5.31. The molecule has 1 aromatic heterocycles. The van der Waals surface area contributed by atoms with E-state index in [0.717, 1.165) is 21.6 Å². The second-order valence-corrected chi connectivity index (χ2v) is 7.08. The van der Waals surface area contributed by atoms with E-state index in [4.69, 9.17) is 11.6 Å². The van der Waals surface area contributed by atoms with Crippen LogP contribution in [0.2, 0.25) is 5.02 Å². The van der Waals surface area contributed by atoms with Gasteiger partial charge in [-0.2, -0.15) is 0 Å². The number of fused-ring (bicyclic) bond motifs is 1. The number of thiophene rings is 1. The van der Waals surface area contributed by atoms with Gasteiger partial charge < -0.3 is 5.32 Å². The molecule has 1 unspecified atom stereocenters. The molecule has 1 nitrogen and oxygen atoms in total. The Hall–Kier alpha value is -0.870. The van der Waals surface area contributed by atoms with Crippen LogP contribution in [0.1, 0.15) is 24.1 Å². The molecule has 1 atom stereocenters. The quantitative estimate of drug-likeness (QED) is 0.584. The van der Waals surface area contributed by atoms with Gasteiger partial charge in [-0.1, -0.05) is 58.7 Å². The fraction of sp³-hybridized carbons (Fsp3) is 0.176. The summed E-state index contributed by atoms with van der Waals surface area (Å²) >= 11 is 11.7. The molecular weight excluding hydrogens is 366 g/mol. The van der Waals surface area contributed by atoms with E-state index < -0.39 is 0 Å². The summed E-state index contributed by atoms with van der Waals surface area (Å²) in [7, 11) is 0. The first-order valence-electron chi connectivity index (χ1n) is 6.85. The van der Waals surface area contributed by atoms with Crippen molar-refractivity contribution in [3.63, 3.8) is 0 Å². The second kappa shape index (κ2) is 6.49. The number of halogens is 2. The Labute approximate surface area is 142 Å². The molecule has 0 fully saturated rings. The lowest BCUT2D eigenvalue weighted by Crippen LogP contribution is -2.22. The van der Waals surface area contributed by atoms with Crippen molar-refractivity contribution in [3.8, 4) is 0 Å². The zero-order valence-corrected chi connectivity index (χ0v) is 14.7. The lowest BCUT2D eigenvalue weighted by molar-refractivity contribution is 0.636. The summed E-state index contributed by atoms with van der Waals surface area (Å²) in [5.74, 6) is 0. The molecule has 0 aliphatic rings. The van der Waals surface area contributed by atoms with Gasteiger partial charge in [0.15, 0.2) is 0 Å². The normalized spacial score (nSPS) is 12.7. The van der Waals surface area contributed by atoms with Crippen molar-refractivity contribution in [2.75, 3.05) is 6.54 Å². The first kappa shape index (κ1) is 15.0. The van der Waals surface area contributed by atoms with Crippen LogP contribution in [0, 0.1) is 0 Å². The van der Waals surface area contributed by atoms with Crippen molar-refractivity contribution in [2.24, 2.45) is 0 Å². The molecule has 0 saturated carbocycles. The van der Waals surface area contributed by atoms with Gasteiger partial charge in [-0.25, -0.2) is 0 Å². The lowest BCUT2D eigenvalue weighted by atomic mass is 9.98. The topological polar surface area (TPSA) is 12.0 Å². The first-order valence-corrected chi connectivity index (χ1v) is 8.90. The minimum absolute atomic E-state index is 0.117. The number of benzene rings is 2. The monoisotopic (exact) mass is 379 g/mol. The highest BCUT2D eigenvalue weighted by Gasteiger charge is 2.19. The molecule has 0 radical (unpaired) electrons. The van der Waals surface area contributed by atoms with Crippen LogP contribution in [0.15, 0.2) is 52.3 Å². The van der Waals surface area contributed by atoms with Crippen molar-refractivity contribution < 1.29 is 0 Å². The Morgan fingerprint density at radius 3 is 2.76 bits per heavy atom. The lowest BCUT2D eigenvalue weighted by Gasteiger charge is -2.19. The van der Waals surface area contributed by atoms with Crippen molar-refractivity contribution in [3.05, 3.63) is 68.5 Å². The van der Waals surface area contributed by atoms with Crippen LogP contribution in [0.25, 0.3) is 10.1 Å². The van der Waals surface area contributed by atoms with Crippen molar-refractivity contribution >= 4 is 49.0 Å². The third-order valence-electron chi connectivity index (χ3n) is 3.50. The highest BCUT2D eigenvalue weighted by molar-refractivity contribution is 9.10. The van der Waals surface area contributed by atoms with Gasteiger partial charge in [0.05, 0.1) is 6.04 Å². The molecule has 1 N–H and O–H groups in total. The zero-order chi connectivity index (χ0) is 14.8. The maximum absolute atomic E-state index is 6.46. The summed E-state index contributed by atoms with van der Waals surface area (Å²) in [6.45, 7) is 3.01. The van der Waals surface area contributed by atoms with E-state index in [1.165, 1.54) is 15.6 Å². The summed E-state index contributed by atoms with van der Waals surface area (Å²) < 4.78 is 2.31. The fourth-order valence-corrected chi connectivity index (χ4v) is 4.32. The van der Waals surface area contributed by atoms with Crippen molar-refractivity contribution in [1.29, 1.82) is 0 Å². The van der Waals surface area contributed by atoms with E-state index in [-0.39, 0.29) is 6.04 Å². The summed E-state index contributed by atoms with van der Waals surface area (Å²) in [5.41, 5.74) is 2.41. The molecule has 2 aromatic carbocycles. The van der Waals surface area contributed by atoms with E-state index in [0.29, 0.717) is 0 Å².